The van der Waals surface area contributed by atoms with E-state index in [0.29, 0.717) is 12.5 Å². The second-order valence-corrected chi connectivity index (χ2v) is 6.70. The van der Waals surface area contributed by atoms with Crippen LogP contribution in [0.25, 0.3) is 10.9 Å². The Kier molecular flexibility index (Phi) is 5.41. The SMILES string of the molecule is COCC1CCCN(C(=O)NCCc2c[nH]c3c(C)cccc23)C1. The normalized spacial score (nSPS) is 18.1. The van der Waals surface area contributed by atoms with Crippen LogP contribution in [0.2, 0.25) is 0 Å². The molecule has 1 aliphatic rings. The predicted molar refractivity (Wildman–Crippen MR) is 96.3 cm³/mol. The highest BCUT2D eigenvalue weighted by molar-refractivity contribution is 5.86. The number of H-pyrrole nitrogens is 1. The number of aromatic nitrogens is 1. The number of fused-ring (bicyclic) bond motifs is 1. The number of aromatic amines is 1. The van der Waals surface area contributed by atoms with E-state index in [1.165, 1.54) is 22.0 Å². The first kappa shape index (κ1) is 16.8. The van der Waals surface area contributed by atoms with E-state index in [-0.39, 0.29) is 6.03 Å². The molecule has 0 saturated carbocycles. The van der Waals surface area contributed by atoms with Gasteiger partial charge in [0.15, 0.2) is 0 Å². The van der Waals surface area contributed by atoms with Crippen LogP contribution >= 0.6 is 0 Å². The minimum absolute atomic E-state index is 0.0480. The summed E-state index contributed by atoms with van der Waals surface area (Å²) >= 11 is 0. The highest BCUT2D eigenvalue weighted by atomic mass is 16.5. The van der Waals surface area contributed by atoms with Crippen molar-refractivity contribution in [2.45, 2.75) is 26.2 Å². The molecule has 24 heavy (non-hydrogen) atoms. The van der Waals surface area contributed by atoms with Gasteiger partial charge < -0.3 is 19.9 Å². The average molecular weight is 329 g/mol. The molecule has 2 heterocycles. The molecule has 2 amide bonds. The van der Waals surface area contributed by atoms with Crippen LogP contribution in [0, 0.1) is 12.8 Å². The Balaban J connectivity index is 1.52. The summed E-state index contributed by atoms with van der Waals surface area (Å²) < 4.78 is 5.23. The van der Waals surface area contributed by atoms with Crippen LogP contribution in [0.3, 0.4) is 0 Å². The first-order valence-corrected chi connectivity index (χ1v) is 8.76. The number of carbonyl (C=O) groups excluding carboxylic acids is 1. The van der Waals surface area contributed by atoms with Gasteiger partial charge in [0.1, 0.15) is 0 Å². The second kappa shape index (κ2) is 7.71. The number of methoxy groups -OCH3 is 1. The molecular weight excluding hydrogens is 302 g/mol. The monoisotopic (exact) mass is 329 g/mol. The summed E-state index contributed by atoms with van der Waals surface area (Å²) in [5.74, 6) is 0.464. The fourth-order valence-electron chi connectivity index (χ4n) is 3.61. The molecule has 2 aromatic rings. The van der Waals surface area contributed by atoms with Gasteiger partial charge in [-0.05, 0) is 37.3 Å². The van der Waals surface area contributed by atoms with Crippen molar-refractivity contribution in [3.05, 3.63) is 35.5 Å². The Bertz CT molecular complexity index is 693. The van der Waals surface area contributed by atoms with Crippen LogP contribution in [0.5, 0.6) is 0 Å². The number of piperidine rings is 1. The molecule has 0 spiro atoms. The molecule has 1 aromatic heterocycles. The molecule has 0 aliphatic carbocycles. The summed E-state index contributed by atoms with van der Waals surface area (Å²) in [4.78, 5) is 17.6. The number of nitrogens with one attached hydrogen (secondary N) is 2. The molecule has 3 rings (SSSR count). The number of hydrogen-bond acceptors (Lipinski definition) is 2. The van der Waals surface area contributed by atoms with Crippen LogP contribution in [-0.2, 0) is 11.2 Å². The lowest BCUT2D eigenvalue weighted by molar-refractivity contribution is 0.100. The number of aryl methyl sites for hydroxylation is 1. The quantitative estimate of drug-likeness (QED) is 0.885. The smallest absolute Gasteiger partial charge is 0.317 e. The second-order valence-electron chi connectivity index (χ2n) is 6.70. The maximum Gasteiger partial charge on any atom is 0.317 e. The van der Waals surface area contributed by atoms with E-state index in [4.69, 9.17) is 4.74 Å². The highest BCUT2D eigenvalue weighted by Crippen LogP contribution is 2.21. The number of benzene rings is 1. The van der Waals surface area contributed by atoms with E-state index in [1.54, 1.807) is 7.11 Å². The average Bonchev–Trinajstić information content (AvgIpc) is 3.00. The third-order valence-corrected chi connectivity index (χ3v) is 4.89. The lowest BCUT2D eigenvalue weighted by Gasteiger charge is -2.32. The van der Waals surface area contributed by atoms with Crippen molar-refractivity contribution in [1.82, 2.24) is 15.2 Å². The van der Waals surface area contributed by atoms with Gasteiger partial charge in [-0.2, -0.15) is 0 Å². The maximum atomic E-state index is 12.4. The molecule has 0 radical (unpaired) electrons. The zero-order chi connectivity index (χ0) is 16.9. The fourth-order valence-corrected chi connectivity index (χ4v) is 3.61. The minimum Gasteiger partial charge on any atom is -0.384 e. The molecule has 1 aromatic carbocycles. The van der Waals surface area contributed by atoms with E-state index in [2.05, 4.69) is 41.6 Å². The molecule has 2 N–H and O–H groups in total. The zero-order valence-electron chi connectivity index (χ0n) is 14.6. The molecule has 1 unspecified atom stereocenters. The van der Waals surface area contributed by atoms with E-state index in [0.717, 1.165) is 39.0 Å². The minimum atomic E-state index is 0.0480. The molecule has 0 bridgehead atoms. The van der Waals surface area contributed by atoms with Crippen LogP contribution < -0.4 is 5.32 Å². The number of likely N-dealkylation sites (tertiary alicyclic amines) is 1. The number of rotatable bonds is 5. The summed E-state index contributed by atoms with van der Waals surface area (Å²) in [7, 11) is 1.72. The number of ether oxygens (including phenoxy) is 1. The van der Waals surface area contributed by atoms with Gasteiger partial charge in [0, 0.05) is 49.8 Å². The molecule has 1 aliphatic heterocycles. The maximum absolute atomic E-state index is 12.4. The van der Waals surface area contributed by atoms with E-state index in [9.17, 15) is 4.79 Å². The van der Waals surface area contributed by atoms with Crippen molar-refractivity contribution >= 4 is 16.9 Å². The van der Waals surface area contributed by atoms with Gasteiger partial charge in [0.25, 0.3) is 0 Å². The Morgan fingerprint density at radius 1 is 1.46 bits per heavy atom. The molecule has 5 heteroatoms. The number of para-hydroxylation sites is 1. The van der Waals surface area contributed by atoms with Crippen LogP contribution in [0.4, 0.5) is 4.79 Å². The van der Waals surface area contributed by atoms with Crippen molar-refractivity contribution in [1.29, 1.82) is 0 Å². The van der Waals surface area contributed by atoms with Gasteiger partial charge in [0.05, 0.1) is 6.61 Å². The number of amides is 2. The first-order valence-electron chi connectivity index (χ1n) is 8.76. The summed E-state index contributed by atoms with van der Waals surface area (Å²) in [6.45, 7) is 5.14. The van der Waals surface area contributed by atoms with Crippen molar-refractivity contribution < 1.29 is 9.53 Å². The Labute approximate surface area is 143 Å². The topological polar surface area (TPSA) is 57.4 Å². The van der Waals surface area contributed by atoms with E-state index in [1.807, 2.05) is 4.90 Å². The molecule has 1 atom stereocenters. The fraction of sp³-hybridized carbons (Fsp3) is 0.526. The summed E-state index contributed by atoms with van der Waals surface area (Å²) in [6, 6.07) is 6.37. The van der Waals surface area contributed by atoms with E-state index >= 15 is 0 Å². The van der Waals surface area contributed by atoms with Crippen molar-refractivity contribution in [3.63, 3.8) is 0 Å². The third kappa shape index (κ3) is 3.73. The van der Waals surface area contributed by atoms with Gasteiger partial charge in [-0.15, -0.1) is 0 Å². The largest absolute Gasteiger partial charge is 0.384 e. The van der Waals surface area contributed by atoms with Crippen LogP contribution in [0.15, 0.2) is 24.4 Å². The van der Waals surface area contributed by atoms with Crippen LogP contribution in [-0.4, -0.2) is 49.3 Å². The van der Waals surface area contributed by atoms with Crippen LogP contribution in [0.1, 0.15) is 24.0 Å². The van der Waals surface area contributed by atoms with Crippen molar-refractivity contribution in [2.75, 3.05) is 33.4 Å². The summed E-state index contributed by atoms with van der Waals surface area (Å²) in [5.41, 5.74) is 3.70. The molecule has 1 saturated heterocycles. The summed E-state index contributed by atoms with van der Waals surface area (Å²) in [6.07, 6.45) is 5.10. The first-order chi connectivity index (χ1) is 11.7. The van der Waals surface area contributed by atoms with E-state index < -0.39 is 0 Å². The standard InChI is InChI=1S/C19H27N3O2/c1-14-5-3-7-17-16(11-21-18(14)17)8-9-20-19(23)22-10-4-6-15(12-22)13-24-2/h3,5,7,11,15,21H,4,6,8-10,12-13H2,1-2H3,(H,20,23). The van der Waals surface area contributed by atoms with Crippen molar-refractivity contribution in [2.24, 2.45) is 5.92 Å². The third-order valence-electron chi connectivity index (χ3n) is 4.89. The summed E-state index contributed by atoms with van der Waals surface area (Å²) in [5, 5.41) is 4.32. The molecule has 1 fully saturated rings. The zero-order valence-corrected chi connectivity index (χ0v) is 14.6. The lowest BCUT2D eigenvalue weighted by atomic mass is 9.99. The van der Waals surface area contributed by atoms with Crippen molar-refractivity contribution in [3.8, 4) is 0 Å². The predicted octanol–water partition coefficient (Wildman–Crippen LogP) is 3.09. The molecular formula is C19H27N3O2. The number of nitrogens with zero attached hydrogens (tertiary/aromatic N) is 1. The Hall–Kier alpha value is -2.01. The molecule has 130 valence electrons. The Morgan fingerprint density at radius 2 is 2.33 bits per heavy atom. The number of urea groups is 1. The van der Waals surface area contributed by atoms with Gasteiger partial charge >= 0.3 is 6.03 Å². The van der Waals surface area contributed by atoms with Gasteiger partial charge in [-0.1, -0.05) is 18.2 Å². The lowest BCUT2D eigenvalue weighted by Crippen LogP contribution is -2.46. The molecule has 5 nitrogen and oxygen atoms in total. The highest BCUT2D eigenvalue weighted by Gasteiger charge is 2.23. The van der Waals surface area contributed by atoms with Gasteiger partial charge in [-0.3, -0.25) is 0 Å². The number of hydrogen-bond donors (Lipinski definition) is 2. The number of carbonyl (C=O) groups is 1. The Morgan fingerprint density at radius 3 is 3.17 bits per heavy atom. The van der Waals surface area contributed by atoms with Gasteiger partial charge in [-0.25, -0.2) is 4.79 Å². The van der Waals surface area contributed by atoms with Gasteiger partial charge in [0.2, 0.25) is 0 Å².